The molecule has 1 heterocycles. The fourth-order valence-electron chi connectivity index (χ4n) is 2.34. The summed E-state index contributed by atoms with van der Waals surface area (Å²) < 4.78 is 6.07. The topological polar surface area (TPSA) is 49.8 Å². The van der Waals surface area contributed by atoms with E-state index in [1.807, 2.05) is 23.1 Å². The van der Waals surface area contributed by atoms with Gasteiger partial charge in [0.05, 0.1) is 11.6 Å². The van der Waals surface area contributed by atoms with Gasteiger partial charge < -0.3 is 9.84 Å². The van der Waals surface area contributed by atoms with E-state index in [2.05, 4.69) is 15.9 Å². The molecule has 4 nitrogen and oxygen atoms in total. The van der Waals surface area contributed by atoms with Crippen LogP contribution < -0.4 is 4.74 Å². The molecule has 0 saturated carbocycles. The van der Waals surface area contributed by atoms with Crippen molar-refractivity contribution in [3.63, 3.8) is 0 Å². The Balaban J connectivity index is 2.09. The first-order valence-corrected chi connectivity index (χ1v) is 6.70. The molecule has 0 unspecified atom stereocenters. The molecule has 0 amide bonds. The van der Waals surface area contributed by atoms with Crippen molar-refractivity contribution in [3.8, 4) is 5.75 Å². The van der Waals surface area contributed by atoms with Crippen LogP contribution in [0.25, 0.3) is 0 Å². The Morgan fingerprint density at radius 2 is 2.39 bits per heavy atom. The maximum absolute atomic E-state index is 11.1. The average Bonchev–Trinajstić information content (AvgIpc) is 2.77. The third-order valence-electron chi connectivity index (χ3n) is 3.25. The number of hydrogen-bond acceptors (Lipinski definition) is 3. The lowest BCUT2D eigenvalue weighted by Crippen LogP contribution is -2.35. The maximum atomic E-state index is 11.1. The molecule has 0 bridgehead atoms. The third kappa shape index (κ3) is 2.84. The zero-order valence-electron chi connectivity index (χ0n) is 10.2. The number of aliphatic carboxylic acids is 1. The first-order valence-electron chi connectivity index (χ1n) is 5.91. The van der Waals surface area contributed by atoms with Crippen LogP contribution >= 0.6 is 15.9 Å². The average molecular weight is 314 g/mol. The van der Waals surface area contributed by atoms with Gasteiger partial charge in [-0.25, -0.2) is 0 Å². The lowest BCUT2D eigenvalue weighted by Gasteiger charge is -2.21. The van der Waals surface area contributed by atoms with E-state index in [-0.39, 0.29) is 6.04 Å². The summed E-state index contributed by atoms with van der Waals surface area (Å²) in [7, 11) is 1.63. The highest BCUT2D eigenvalue weighted by molar-refractivity contribution is 9.10. The van der Waals surface area contributed by atoms with Gasteiger partial charge in [-0.05, 0) is 53.0 Å². The number of likely N-dealkylation sites (tertiary alicyclic amines) is 1. The minimum atomic E-state index is -0.722. The van der Waals surface area contributed by atoms with Crippen molar-refractivity contribution in [1.82, 2.24) is 4.90 Å². The van der Waals surface area contributed by atoms with Gasteiger partial charge in [-0.3, -0.25) is 9.69 Å². The number of carboxylic acids is 1. The van der Waals surface area contributed by atoms with Crippen LogP contribution in [-0.4, -0.2) is 35.7 Å². The molecule has 1 aromatic rings. The number of nitrogens with zero attached hydrogens (tertiary/aromatic N) is 1. The van der Waals surface area contributed by atoms with Crippen LogP contribution in [0.5, 0.6) is 5.75 Å². The lowest BCUT2D eigenvalue weighted by molar-refractivity contribution is -0.142. The fourth-order valence-corrected chi connectivity index (χ4v) is 2.93. The van der Waals surface area contributed by atoms with Crippen LogP contribution in [0.4, 0.5) is 0 Å². The number of methoxy groups -OCH3 is 1. The Hall–Kier alpha value is -1.07. The Morgan fingerprint density at radius 1 is 1.61 bits per heavy atom. The molecule has 1 saturated heterocycles. The summed E-state index contributed by atoms with van der Waals surface area (Å²) in [4.78, 5) is 13.1. The van der Waals surface area contributed by atoms with E-state index in [0.29, 0.717) is 6.54 Å². The van der Waals surface area contributed by atoms with E-state index in [1.54, 1.807) is 7.11 Å². The molecule has 0 radical (unpaired) electrons. The van der Waals surface area contributed by atoms with Crippen LogP contribution in [0.2, 0.25) is 0 Å². The van der Waals surface area contributed by atoms with E-state index in [9.17, 15) is 4.79 Å². The minimum Gasteiger partial charge on any atom is -0.496 e. The van der Waals surface area contributed by atoms with Crippen molar-refractivity contribution in [2.24, 2.45) is 0 Å². The molecule has 1 N–H and O–H groups in total. The van der Waals surface area contributed by atoms with Gasteiger partial charge in [-0.2, -0.15) is 0 Å². The normalized spacial score (nSPS) is 20.0. The molecule has 2 rings (SSSR count). The molecule has 1 aliphatic heterocycles. The summed E-state index contributed by atoms with van der Waals surface area (Å²) in [6.45, 7) is 1.51. The Labute approximate surface area is 115 Å². The van der Waals surface area contributed by atoms with Gasteiger partial charge >= 0.3 is 5.97 Å². The second-order valence-electron chi connectivity index (χ2n) is 4.44. The van der Waals surface area contributed by atoms with Crippen molar-refractivity contribution in [2.75, 3.05) is 13.7 Å². The number of rotatable bonds is 4. The third-order valence-corrected chi connectivity index (χ3v) is 3.87. The molecular weight excluding hydrogens is 298 g/mol. The molecule has 18 heavy (non-hydrogen) atoms. The van der Waals surface area contributed by atoms with E-state index in [4.69, 9.17) is 9.84 Å². The number of benzene rings is 1. The molecule has 0 aromatic heterocycles. The Morgan fingerprint density at radius 3 is 3.00 bits per heavy atom. The zero-order valence-corrected chi connectivity index (χ0v) is 11.8. The lowest BCUT2D eigenvalue weighted by atomic mass is 10.2. The largest absolute Gasteiger partial charge is 0.496 e. The number of ether oxygens (including phenoxy) is 1. The molecule has 5 heteroatoms. The van der Waals surface area contributed by atoms with Gasteiger partial charge in [0.25, 0.3) is 0 Å². The second kappa shape index (κ2) is 5.71. The standard InChI is InChI=1S/C13H16BrNO3/c1-18-12-5-4-9(7-10(12)14)8-15-6-2-3-11(15)13(16)17/h4-5,7,11H,2-3,6,8H2,1H3,(H,16,17)/t11-/m0/s1. The van der Waals surface area contributed by atoms with Gasteiger partial charge in [0.15, 0.2) is 0 Å². The molecule has 1 fully saturated rings. The minimum absolute atomic E-state index is 0.342. The van der Waals surface area contributed by atoms with Crippen molar-refractivity contribution >= 4 is 21.9 Å². The molecule has 0 spiro atoms. The monoisotopic (exact) mass is 313 g/mol. The summed E-state index contributed by atoms with van der Waals surface area (Å²) in [5, 5.41) is 9.13. The zero-order chi connectivity index (χ0) is 13.1. The molecule has 1 aromatic carbocycles. The Bertz CT molecular complexity index is 450. The van der Waals surface area contributed by atoms with E-state index in [1.165, 1.54) is 0 Å². The Kier molecular flexibility index (Phi) is 4.24. The van der Waals surface area contributed by atoms with Crippen molar-refractivity contribution < 1.29 is 14.6 Å². The molecule has 1 atom stereocenters. The van der Waals surface area contributed by atoms with E-state index >= 15 is 0 Å². The molecular formula is C13H16BrNO3. The maximum Gasteiger partial charge on any atom is 0.320 e. The highest BCUT2D eigenvalue weighted by Gasteiger charge is 2.30. The van der Waals surface area contributed by atoms with Crippen molar-refractivity contribution in [3.05, 3.63) is 28.2 Å². The number of halogens is 1. The van der Waals surface area contributed by atoms with Gasteiger partial charge in [0.2, 0.25) is 0 Å². The van der Waals surface area contributed by atoms with Gasteiger partial charge in [0.1, 0.15) is 11.8 Å². The molecule has 0 aliphatic carbocycles. The van der Waals surface area contributed by atoms with Crippen LogP contribution in [0, 0.1) is 0 Å². The molecule has 98 valence electrons. The summed E-state index contributed by atoms with van der Waals surface area (Å²) in [5.41, 5.74) is 1.09. The van der Waals surface area contributed by atoms with Gasteiger partial charge in [-0.15, -0.1) is 0 Å². The highest BCUT2D eigenvalue weighted by atomic mass is 79.9. The quantitative estimate of drug-likeness (QED) is 0.928. The smallest absolute Gasteiger partial charge is 0.320 e. The highest BCUT2D eigenvalue weighted by Crippen LogP contribution is 2.27. The fraction of sp³-hybridized carbons (Fsp3) is 0.462. The number of hydrogen-bond donors (Lipinski definition) is 1. The number of carbonyl (C=O) groups is 1. The summed E-state index contributed by atoms with van der Waals surface area (Å²) in [6, 6.07) is 5.51. The number of carboxylic acid groups (broad SMARTS) is 1. The summed E-state index contributed by atoms with van der Waals surface area (Å²) in [6.07, 6.45) is 1.70. The van der Waals surface area contributed by atoms with Gasteiger partial charge in [0, 0.05) is 6.54 Å². The summed E-state index contributed by atoms with van der Waals surface area (Å²) >= 11 is 3.44. The first kappa shape index (κ1) is 13.4. The van der Waals surface area contributed by atoms with E-state index in [0.717, 1.165) is 35.2 Å². The van der Waals surface area contributed by atoms with E-state index < -0.39 is 5.97 Å². The van der Waals surface area contributed by atoms with Crippen LogP contribution in [0.3, 0.4) is 0 Å². The molecule has 1 aliphatic rings. The first-order chi connectivity index (χ1) is 8.61. The second-order valence-corrected chi connectivity index (χ2v) is 5.29. The summed E-state index contributed by atoms with van der Waals surface area (Å²) in [5.74, 6) is 0.0648. The van der Waals surface area contributed by atoms with Crippen LogP contribution in [0.1, 0.15) is 18.4 Å². The van der Waals surface area contributed by atoms with Crippen molar-refractivity contribution in [2.45, 2.75) is 25.4 Å². The predicted octanol–water partition coefficient (Wildman–Crippen LogP) is 2.51. The van der Waals surface area contributed by atoms with Crippen LogP contribution in [0.15, 0.2) is 22.7 Å². The van der Waals surface area contributed by atoms with Crippen molar-refractivity contribution in [1.29, 1.82) is 0 Å². The predicted molar refractivity (Wildman–Crippen MR) is 71.8 cm³/mol. The van der Waals surface area contributed by atoms with Crippen LogP contribution in [-0.2, 0) is 11.3 Å². The SMILES string of the molecule is COc1ccc(CN2CCC[C@H]2C(=O)O)cc1Br. The van der Waals surface area contributed by atoms with Gasteiger partial charge in [-0.1, -0.05) is 6.07 Å².